The van der Waals surface area contributed by atoms with Crippen LogP contribution in [0.3, 0.4) is 0 Å². The SMILES string of the molecule is CCCCC(=O)NC(=S)Nc1cccc(C(=O)N2CCN(C)CC2)c1. The quantitative estimate of drug-likeness (QED) is 0.785. The van der Waals surface area contributed by atoms with E-state index in [2.05, 4.69) is 22.6 Å². The largest absolute Gasteiger partial charge is 0.336 e. The molecule has 2 rings (SSSR count). The van der Waals surface area contributed by atoms with Gasteiger partial charge in [0, 0.05) is 43.9 Å². The maximum atomic E-state index is 12.6. The fraction of sp³-hybridized carbons (Fsp3) is 0.500. The fourth-order valence-corrected chi connectivity index (χ4v) is 2.84. The summed E-state index contributed by atoms with van der Waals surface area (Å²) in [5, 5.41) is 5.89. The van der Waals surface area contributed by atoms with Crippen molar-refractivity contribution in [1.82, 2.24) is 15.1 Å². The Hall–Kier alpha value is -1.99. The van der Waals surface area contributed by atoms with Crippen molar-refractivity contribution in [3.05, 3.63) is 29.8 Å². The minimum Gasteiger partial charge on any atom is -0.336 e. The Morgan fingerprint density at radius 1 is 1.20 bits per heavy atom. The molecule has 1 heterocycles. The summed E-state index contributed by atoms with van der Waals surface area (Å²) in [7, 11) is 2.06. The highest BCUT2D eigenvalue weighted by Gasteiger charge is 2.20. The first-order valence-electron chi connectivity index (χ1n) is 8.68. The number of hydrogen-bond donors (Lipinski definition) is 2. The first-order chi connectivity index (χ1) is 12.0. The molecule has 0 radical (unpaired) electrons. The summed E-state index contributed by atoms with van der Waals surface area (Å²) in [6.45, 7) is 5.28. The summed E-state index contributed by atoms with van der Waals surface area (Å²) in [5.74, 6) is -0.0707. The molecule has 2 amide bonds. The van der Waals surface area contributed by atoms with Gasteiger partial charge >= 0.3 is 0 Å². The second-order valence-corrected chi connectivity index (χ2v) is 6.69. The number of nitrogens with zero attached hydrogens (tertiary/aromatic N) is 2. The lowest BCUT2D eigenvalue weighted by atomic mass is 10.1. The number of amides is 2. The summed E-state index contributed by atoms with van der Waals surface area (Å²) in [6.07, 6.45) is 2.26. The zero-order valence-electron chi connectivity index (χ0n) is 14.9. The third-order valence-corrected chi connectivity index (χ3v) is 4.37. The van der Waals surface area contributed by atoms with E-state index < -0.39 is 0 Å². The highest BCUT2D eigenvalue weighted by atomic mass is 32.1. The average Bonchev–Trinajstić information content (AvgIpc) is 2.60. The van der Waals surface area contributed by atoms with Gasteiger partial charge in [0.1, 0.15) is 0 Å². The maximum absolute atomic E-state index is 12.6. The van der Waals surface area contributed by atoms with Crippen molar-refractivity contribution in [2.75, 3.05) is 38.5 Å². The predicted molar refractivity (Wildman–Crippen MR) is 104 cm³/mol. The van der Waals surface area contributed by atoms with E-state index in [1.54, 1.807) is 12.1 Å². The standard InChI is InChI=1S/C18H26N4O2S/c1-3-4-8-16(23)20-18(25)19-15-7-5-6-14(13-15)17(24)22-11-9-21(2)10-12-22/h5-7,13H,3-4,8-12H2,1-2H3,(H2,19,20,23,25). The highest BCUT2D eigenvalue weighted by molar-refractivity contribution is 7.80. The zero-order chi connectivity index (χ0) is 18.2. The molecule has 0 saturated carbocycles. The molecule has 0 bridgehead atoms. The number of carbonyl (C=O) groups is 2. The topological polar surface area (TPSA) is 64.7 Å². The summed E-state index contributed by atoms with van der Waals surface area (Å²) >= 11 is 5.17. The molecule has 1 aliphatic rings. The van der Waals surface area contributed by atoms with Gasteiger partial charge in [-0.3, -0.25) is 9.59 Å². The monoisotopic (exact) mass is 362 g/mol. The van der Waals surface area contributed by atoms with E-state index in [1.807, 2.05) is 24.0 Å². The molecule has 0 aliphatic carbocycles. The summed E-state index contributed by atoms with van der Waals surface area (Å²) in [5.41, 5.74) is 1.32. The number of thiocarbonyl (C=S) groups is 1. The van der Waals surface area contributed by atoms with Crippen molar-refractivity contribution < 1.29 is 9.59 Å². The van der Waals surface area contributed by atoms with Crippen LogP contribution in [0.5, 0.6) is 0 Å². The smallest absolute Gasteiger partial charge is 0.254 e. The molecule has 1 saturated heterocycles. The van der Waals surface area contributed by atoms with E-state index in [4.69, 9.17) is 12.2 Å². The van der Waals surface area contributed by atoms with Crippen LogP contribution in [0.25, 0.3) is 0 Å². The number of unbranched alkanes of at least 4 members (excludes halogenated alkanes) is 1. The Bertz CT molecular complexity index is 627. The van der Waals surface area contributed by atoms with Gasteiger partial charge in [0.15, 0.2) is 5.11 Å². The number of likely N-dealkylation sites (N-methyl/N-ethyl adjacent to an activating group) is 1. The molecule has 2 N–H and O–H groups in total. The Morgan fingerprint density at radius 2 is 1.92 bits per heavy atom. The fourth-order valence-electron chi connectivity index (χ4n) is 2.61. The summed E-state index contributed by atoms with van der Waals surface area (Å²) < 4.78 is 0. The van der Waals surface area contributed by atoms with E-state index in [0.717, 1.165) is 39.0 Å². The summed E-state index contributed by atoms with van der Waals surface area (Å²) in [6, 6.07) is 7.21. The molecule has 1 fully saturated rings. The highest BCUT2D eigenvalue weighted by Crippen LogP contribution is 2.14. The number of hydrogen-bond acceptors (Lipinski definition) is 4. The van der Waals surface area contributed by atoms with Crippen molar-refractivity contribution in [2.45, 2.75) is 26.2 Å². The third kappa shape index (κ3) is 6.10. The van der Waals surface area contributed by atoms with Crippen LogP contribution in [0.1, 0.15) is 36.5 Å². The molecular weight excluding hydrogens is 336 g/mol. The molecule has 6 nitrogen and oxygen atoms in total. The van der Waals surface area contributed by atoms with Crippen LogP contribution in [-0.2, 0) is 4.79 Å². The number of carbonyl (C=O) groups excluding carboxylic acids is 2. The predicted octanol–water partition coefficient (Wildman–Crippen LogP) is 2.08. The summed E-state index contributed by atoms with van der Waals surface area (Å²) in [4.78, 5) is 28.4. The third-order valence-electron chi connectivity index (χ3n) is 4.17. The van der Waals surface area contributed by atoms with Gasteiger partial charge in [-0.1, -0.05) is 19.4 Å². The molecule has 1 aliphatic heterocycles. The number of nitrogens with one attached hydrogen (secondary N) is 2. The maximum Gasteiger partial charge on any atom is 0.254 e. The number of piperazine rings is 1. The van der Waals surface area contributed by atoms with Gasteiger partial charge in [-0.15, -0.1) is 0 Å². The normalized spacial score (nSPS) is 14.9. The molecule has 0 spiro atoms. The van der Waals surface area contributed by atoms with Crippen molar-refractivity contribution >= 4 is 34.8 Å². The van der Waals surface area contributed by atoms with Crippen molar-refractivity contribution in [3.63, 3.8) is 0 Å². The van der Waals surface area contributed by atoms with Gasteiger partial charge in [0.25, 0.3) is 5.91 Å². The van der Waals surface area contributed by atoms with E-state index in [-0.39, 0.29) is 16.9 Å². The number of anilines is 1. The minimum atomic E-state index is -0.0935. The molecule has 25 heavy (non-hydrogen) atoms. The van der Waals surface area contributed by atoms with Crippen molar-refractivity contribution in [1.29, 1.82) is 0 Å². The minimum absolute atomic E-state index is 0.0228. The van der Waals surface area contributed by atoms with Gasteiger partial charge in [0.05, 0.1) is 0 Å². The second kappa shape index (κ2) is 9.48. The van der Waals surface area contributed by atoms with E-state index in [9.17, 15) is 9.59 Å². The Balaban J connectivity index is 1.93. The first-order valence-corrected chi connectivity index (χ1v) is 9.09. The van der Waals surface area contributed by atoms with Crippen molar-refractivity contribution in [3.8, 4) is 0 Å². The molecular formula is C18H26N4O2S. The van der Waals surface area contributed by atoms with E-state index in [1.165, 1.54) is 0 Å². The van der Waals surface area contributed by atoms with Gasteiger partial charge in [-0.25, -0.2) is 0 Å². The Morgan fingerprint density at radius 3 is 2.60 bits per heavy atom. The number of benzene rings is 1. The second-order valence-electron chi connectivity index (χ2n) is 6.28. The first kappa shape index (κ1) is 19.3. The molecule has 1 aromatic carbocycles. The van der Waals surface area contributed by atoms with Gasteiger partial charge < -0.3 is 20.4 Å². The molecule has 0 unspecified atom stereocenters. The lowest BCUT2D eigenvalue weighted by Gasteiger charge is -2.32. The van der Waals surface area contributed by atoms with Crippen LogP contribution in [0.2, 0.25) is 0 Å². The molecule has 7 heteroatoms. The molecule has 0 atom stereocenters. The van der Waals surface area contributed by atoms with Crippen LogP contribution < -0.4 is 10.6 Å². The van der Waals surface area contributed by atoms with Crippen LogP contribution in [0.4, 0.5) is 5.69 Å². The van der Waals surface area contributed by atoms with Crippen LogP contribution in [0, 0.1) is 0 Å². The van der Waals surface area contributed by atoms with Crippen LogP contribution in [0.15, 0.2) is 24.3 Å². The van der Waals surface area contributed by atoms with Gasteiger partial charge in [0.2, 0.25) is 5.91 Å². The van der Waals surface area contributed by atoms with Gasteiger partial charge in [-0.05, 0) is 43.9 Å². The van der Waals surface area contributed by atoms with Crippen molar-refractivity contribution in [2.24, 2.45) is 0 Å². The van der Waals surface area contributed by atoms with E-state index >= 15 is 0 Å². The van der Waals surface area contributed by atoms with E-state index in [0.29, 0.717) is 17.7 Å². The molecule has 136 valence electrons. The van der Waals surface area contributed by atoms with Crippen LogP contribution >= 0.6 is 12.2 Å². The number of rotatable bonds is 5. The van der Waals surface area contributed by atoms with Crippen LogP contribution in [-0.4, -0.2) is 60.0 Å². The Labute approximate surface area is 154 Å². The average molecular weight is 362 g/mol. The molecule has 0 aromatic heterocycles. The van der Waals surface area contributed by atoms with Gasteiger partial charge in [-0.2, -0.15) is 0 Å². The zero-order valence-corrected chi connectivity index (χ0v) is 15.7. The molecule has 1 aromatic rings. The lowest BCUT2D eigenvalue weighted by molar-refractivity contribution is -0.119. The lowest BCUT2D eigenvalue weighted by Crippen LogP contribution is -2.47. The Kier molecular flexibility index (Phi) is 7.33.